The molecule has 0 radical (unpaired) electrons. The SMILES string of the molecule is CN(C1=C(c2ccc(F)cc2)C(=O)N(c2cccc3ccccc23)C1=O)c1ccccc1. The van der Waals surface area contributed by atoms with Crippen molar-refractivity contribution in [1.82, 2.24) is 0 Å². The Morgan fingerprint density at radius 3 is 2.12 bits per heavy atom. The number of para-hydroxylation sites is 1. The highest BCUT2D eigenvalue weighted by atomic mass is 19.1. The fraction of sp³-hybridized carbons (Fsp3) is 0.0370. The van der Waals surface area contributed by atoms with E-state index in [1.165, 1.54) is 29.2 Å². The minimum absolute atomic E-state index is 0.245. The molecule has 4 nitrogen and oxygen atoms in total. The molecule has 0 aliphatic carbocycles. The topological polar surface area (TPSA) is 40.6 Å². The number of fused-ring (bicyclic) bond motifs is 1. The van der Waals surface area contributed by atoms with E-state index in [2.05, 4.69) is 0 Å². The normalized spacial score (nSPS) is 13.9. The fourth-order valence-corrected chi connectivity index (χ4v) is 4.11. The van der Waals surface area contributed by atoms with E-state index in [1.54, 1.807) is 18.0 Å². The number of halogens is 1. The summed E-state index contributed by atoms with van der Waals surface area (Å²) in [5, 5.41) is 1.73. The Labute approximate surface area is 184 Å². The number of anilines is 2. The molecule has 0 N–H and O–H groups in total. The van der Waals surface area contributed by atoms with Crippen LogP contribution in [0.2, 0.25) is 0 Å². The number of benzene rings is 4. The Hall–Kier alpha value is -4.25. The molecule has 4 aromatic rings. The first kappa shape index (κ1) is 19.7. The summed E-state index contributed by atoms with van der Waals surface area (Å²) < 4.78 is 13.6. The minimum atomic E-state index is -0.434. The van der Waals surface area contributed by atoms with E-state index in [0.29, 0.717) is 11.3 Å². The van der Waals surface area contributed by atoms with Gasteiger partial charge in [0.05, 0.1) is 11.3 Å². The second kappa shape index (κ2) is 7.78. The molecule has 156 valence electrons. The number of hydrogen-bond acceptors (Lipinski definition) is 3. The van der Waals surface area contributed by atoms with Crippen LogP contribution in [-0.2, 0) is 9.59 Å². The van der Waals surface area contributed by atoms with Gasteiger partial charge in [0.2, 0.25) is 0 Å². The third-order valence-corrected chi connectivity index (χ3v) is 5.68. The summed E-state index contributed by atoms with van der Waals surface area (Å²) in [5.41, 5.74) is 2.28. The van der Waals surface area contributed by atoms with Crippen molar-refractivity contribution in [2.24, 2.45) is 0 Å². The van der Waals surface area contributed by atoms with Crippen molar-refractivity contribution in [2.75, 3.05) is 16.8 Å². The lowest BCUT2D eigenvalue weighted by molar-refractivity contribution is -0.120. The zero-order chi connectivity index (χ0) is 22.2. The van der Waals surface area contributed by atoms with Gasteiger partial charge >= 0.3 is 0 Å². The molecule has 32 heavy (non-hydrogen) atoms. The zero-order valence-electron chi connectivity index (χ0n) is 17.3. The molecule has 0 bridgehead atoms. The van der Waals surface area contributed by atoms with E-state index < -0.39 is 17.6 Å². The highest BCUT2D eigenvalue weighted by Crippen LogP contribution is 2.38. The van der Waals surface area contributed by atoms with Gasteiger partial charge in [-0.1, -0.05) is 66.7 Å². The summed E-state index contributed by atoms with van der Waals surface area (Å²) in [6.07, 6.45) is 0. The van der Waals surface area contributed by atoms with E-state index in [4.69, 9.17) is 0 Å². The number of nitrogens with zero attached hydrogens (tertiary/aromatic N) is 2. The summed E-state index contributed by atoms with van der Waals surface area (Å²) in [6.45, 7) is 0. The first-order valence-corrected chi connectivity index (χ1v) is 10.2. The summed E-state index contributed by atoms with van der Waals surface area (Å²) in [4.78, 5) is 30.4. The van der Waals surface area contributed by atoms with Gasteiger partial charge in [0.25, 0.3) is 11.8 Å². The van der Waals surface area contributed by atoms with Gasteiger partial charge in [-0.05, 0) is 41.3 Å². The molecule has 1 heterocycles. The largest absolute Gasteiger partial charge is 0.339 e. The van der Waals surface area contributed by atoms with Crippen molar-refractivity contribution in [3.63, 3.8) is 0 Å². The van der Waals surface area contributed by atoms with Gasteiger partial charge < -0.3 is 4.90 Å². The van der Waals surface area contributed by atoms with Crippen LogP contribution in [0.1, 0.15) is 5.56 Å². The Balaban J connectivity index is 1.71. The highest BCUT2D eigenvalue weighted by Gasteiger charge is 2.42. The number of rotatable bonds is 4. The van der Waals surface area contributed by atoms with Crippen molar-refractivity contribution < 1.29 is 14.0 Å². The third-order valence-electron chi connectivity index (χ3n) is 5.68. The maximum absolute atomic E-state index is 13.8. The van der Waals surface area contributed by atoms with Crippen molar-refractivity contribution in [1.29, 1.82) is 0 Å². The fourth-order valence-electron chi connectivity index (χ4n) is 4.11. The lowest BCUT2D eigenvalue weighted by Gasteiger charge is -2.22. The number of carbonyl (C=O) groups is 2. The van der Waals surface area contributed by atoms with Crippen LogP contribution in [0.3, 0.4) is 0 Å². The molecule has 0 atom stereocenters. The molecule has 4 aromatic carbocycles. The van der Waals surface area contributed by atoms with E-state index in [9.17, 15) is 14.0 Å². The van der Waals surface area contributed by atoms with Gasteiger partial charge in [-0.3, -0.25) is 9.59 Å². The molecule has 0 fully saturated rings. The summed E-state index contributed by atoms with van der Waals surface area (Å²) in [5.74, 6) is -1.26. The van der Waals surface area contributed by atoms with Crippen LogP contribution in [0.4, 0.5) is 15.8 Å². The van der Waals surface area contributed by atoms with Gasteiger partial charge in [0, 0.05) is 18.1 Å². The second-order valence-corrected chi connectivity index (χ2v) is 7.57. The first-order valence-electron chi connectivity index (χ1n) is 10.2. The molecule has 1 aliphatic rings. The molecular weight excluding hydrogens is 403 g/mol. The number of carbonyl (C=O) groups excluding carboxylic acids is 2. The molecule has 0 aromatic heterocycles. The molecule has 5 rings (SSSR count). The second-order valence-electron chi connectivity index (χ2n) is 7.57. The van der Waals surface area contributed by atoms with E-state index in [-0.39, 0.29) is 11.3 Å². The lowest BCUT2D eigenvalue weighted by Crippen LogP contribution is -2.34. The van der Waals surface area contributed by atoms with Gasteiger partial charge in [0.1, 0.15) is 11.5 Å². The lowest BCUT2D eigenvalue weighted by atomic mass is 10.0. The van der Waals surface area contributed by atoms with E-state index >= 15 is 0 Å². The zero-order valence-corrected chi connectivity index (χ0v) is 17.3. The first-order chi connectivity index (χ1) is 15.6. The standard InChI is InChI=1S/C27H19FN2O2/c1-29(21-10-3-2-4-11-21)25-24(19-14-16-20(28)17-15-19)26(31)30(27(25)32)23-13-7-9-18-8-5-6-12-22(18)23/h2-17H,1H3. The molecule has 2 amide bonds. The van der Waals surface area contributed by atoms with E-state index in [0.717, 1.165) is 16.5 Å². The van der Waals surface area contributed by atoms with Crippen LogP contribution in [0, 0.1) is 5.82 Å². The summed E-state index contributed by atoms with van der Waals surface area (Å²) in [7, 11) is 1.76. The maximum Gasteiger partial charge on any atom is 0.282 e. The predicted octanol–water partition coefficient (Wildman–Crippen LogP) is 5.40. The van der Waals surface area contributed by atoms with Gasteiger partial charge in [0.15, 0.2) is 0 Å². The van der Waals surface area contributed by atoms with Crippen LogP contribution < -0.4 is 9.80 Å². The summed E-state index contributed by atoms with van der Waals surface area (Å²) in [6, 6.07) is 28.2. The van der Waals surface area contributed by atoms with Crippen molar-refractivity contribution in [2.45, 2.75) is 0 Å². The molecular formula is C27H19FN2O2. The Kier molecular flexibility index (Phi) is 4.79. The number of amides is 2. The molecule has 0 spiro atoms. The van der Waals surface area contributed by atoms with E-state index in [1.807, 2.05) is 66.7 Å². The molecule has 0 saturated heterocycles. The third kappa shape index (κ3) is 3.15. The smallest absolute Gasteiger partial charge is 0.282 e. The molecule has 5 heteroatoms. The van der Waals surface area contributed by atoms with Crippen LogP contribution in [0.25, 0.3) is 16.3 Å². The maximum atomic E-state index is 13.8. The summed E-state index contributed by atoms with van der Waals surface area (Å²) >= 11 is 0. The molecule has 1 aliphatic heterocycles. The quantitative estimate of drug-likeness (QED) is 0.414. The Morgan fingerprint density at radius 1 is 0.719 bits per heavy atom. The number of likely N-dealkylation sites (N-methyl/N-ethyl adjacent to an activating group) is 1. The van der Waals surface area contributed by atoms with Gasteiger partial charge in [-0.2, -0.15) is 0 Å². The molecule has 0 saturated carbocycles. The van der Waals surface area contributed by atoms with Gasteiger partial charge in [-0.15, -0.1) is 0 Å². The van der Waals surface area contributed by atoms with Crippen LogP contribution in [0.5, 0.6) is 0 Å². The van der Waals surface area contributed by atoms with Crippen LogP contribution in [-0.4, -0.2) is 18.9 Å². The van der Waals surface area contributed by atoms with Crippen LogP contribution >= 0.6 is 0 Å². The van der Waals surface area contributed by atoms with Crippen LogP contribution in [0.15, 0.2) is 103 Å². The predicted molar refractivity (Wildman–Crippen MR) is 125 cm³/mol. The average Bonchev–Trinajstić information content (AvgIpc) is 3.09. The number of imide groups is 1. The van der Waals surface area contributed by atoms with Gasteiger partial charge in [-0.25, -0.2) is 9.29 Å². The minimum Gasteiger partial charge on any atom is -0.339 e. The van der Waals surface area contributed by atoms with Crippen molar-refractivity contribution in [3.05, 3.63) is 114 Å². The Bertz CT molecular complexity index is 1370. The Morgan fingerprint density at radius 2 is 1.38 bits per heavy atom. The monoisotopic (exact) mass is 422 g/mol. The van der Waals surface area contributed by atoms with Crippen molar-refractivity contribution in [3.8, 4) is 0 Å². The average molecular weight is 422 g/mol. The molecule has 0 unspecified atom stereocenters. The highest BCUT2D eigenvalue weighted by molar-refractivity contribution is 6.47. The number of hydrogen-bond donors (Lipinski definition) is 0. The van der Waals surface area contributed by atoms with Crippen molar-refractivity contribution >= 4 is 39.5 Å².